The van der Waals surface area contributed by atoms with E-state index in [1.807, 2.05) is 11.4 Å². The first-order valence-corrected chi connectivity index (χ1v) is 8.85. The largest absolute Gasteiger partial charge is 0.270 e. The molecule has 1 aromatic carbocycles. The van der Waals surface area contributed by atoms with Crippen molar-refractivity contribution in [2.45, 2.75) is 11.4 Å². The monoisotopic (exact) mass is 390 g/mol. The molecule has 9 heteroatoms. The summed E-state index contributed by atoms with van der Waals surface area (Å²) >= 11 is 4.78. The number of halogens is 1. The molecule has 0 atom stereocenters. The lowest BCUT2D eigenvalue weighted by molar-refractivity contribution is -0.385. The van der Waals surface area contributed by atoms with Gasteiger partial charge in [-0.1, -0.05) is 6.07 Å². The van der Waals surface area contributed by atoms with E-state index in [9.17, 15) is 18.5 Å². The number of benzene rings is 1. The van der Waals surface area contributed by atoms with Gasteiger partial charge in [0.05, 0.1) is 13.6 Å². The Morgan fingerprint density at radius 3 is 2.67 bits per heavy atom. The molecule has 0 aliphatic heterocycles. The second-order valence-electron chi connectivity index (χ2n) is 4.27. The molecule has 6 nitrogen and oxygen atoms in total. The molecule has 0 fully saturated rings. The van der Waals surface area contributed by atoms with E-state index in [1.54, 1.807) is 0 Å². The van der Waals surface area contributed by atoms with Crippen molar-refractivity contribution in [3.63, 3.8) is 0 Å². The molecule has 0 radical (unpaired) electrons. The lowest BCUT2D eigenvalue weighted by Crippen LogP contribution is -2.26. The van der Waals surface area contributed by atoms with Crippen LogP contribution >= 0.6 is 27.3 Å². The molecule has 112 valence electrons. The predicted octanol–water partition coefficient (Wildman–Crippen LogP) is 3.24. The first kappa shape index (κ1) is 16.1. The Kier molecular flexibility index (Phi) is 4.77. The van der Waals surface area contributed by atoms with Crippen LogP contribution in [0.4, 0.5) is 5.69 Å². The van der Waals surface area contributed by atoms with Gasteiger partial charge in [-0.2, -0.15) is 4.31 Å². The van der Waals surface area contributed by atoms with Gasteiger partial charge >= 0.3 is 0 Å². The van der Waals surface area contributed by atoms with Crippen molar-refractivity contribution in [1.82, 2.24) is 4.31 Å². The summed E-state index contributed by atoms with van der Waals surface area (Å²) in [6.45, 7) is 0.202. The summed E-state index contributed by atoms with van der Waals surface area (Å²) in [5.41, 5.74) is 0.603. The summed E-state index contributed by atoms with van der Waals surface area (Å²) in [6.07, 6.45) is 0. The zero-order valence-corrected chi connectivity index (χ0v) is 14.1. The number of thiophene rings is 1. The third-order valence-corrected chi connectivity index (χ3v) is 6.12. The Hall–Kier alpha value is -1.29. The number of rotatable bonds is 5. The highest BCUT2D eigenvalue weighted by molar-refractivity contribution is 9.11. The molecule has 0 spiro atoms. The second-order valence-corrected chi connectivity index (χ2v) is 8.61. The summed E-state index contributed by atoms with van der Waals surface area (Å²) in [7, 11) is -2.32. The van der Waals surface area contributed by atoms with E-state index in [4.69, 9.17) is 0 Å². The van der Waals surface area contributed by atoms with E-state index in [-0.39, 0.29) is 17.1 Å². The number of hydrogen-bond donors (Lipinski definition) is 0. The molecule has 2 rings (SSSR count). The molecular weight excluding hydrogens is 380 g/mol. The Bertz CT molecular complexity index is 773. The van der Waals surface area contributed by atoms with Crippen molar-refractivity contribution in [3.8, 4) is 0 Å². The summed E-state index contributed by atoms with van der Waals surface area (Å²) < 4.78 is 26.9. The standard InChI is InChI=1S/C12H11BrN2O4S2/c1-14(7-9-5-12(13)20-8-9)21(18,19)11-4-2-3-10(6-11)15(16)17/h2-6,8H,7H2,1H3. The highest BCUT2D eigenvalue weighted by atomic mass is 79.9. The fraction of sp³-hybridized carbons (Fsp3) is 0.167. The maximum Gasteiger partial charge on any atom is 0.270 e. The lowest BCUT2D eigenvalue weighted by Gasteiger charge is -2.16. The average Bonchev–Trinajstić information content (AvgIpc) is 2.84. The first-order chi connectivity index (χ1) is 9.80. The van der Waals surface area contributed by atoms with Gasteiger partial charge in [-0.05, 0) is 39.0 Å². The highest BCUT2D eigenvalue weighted by Crippen LogP contribution is 2.24. The maximum atomic E-state index is 12.4. The SMILES string of the molecule is CN(Cc1csc(Br)c1)S(=O)(=O)c1cccc([N+](=O)[O-])c1. The van der Waals surface area contributed by atoms with E-state index >= 15 is 0 Å². The van der Waals surface area contributed by atoms with Gasteiger partial charge in [-0.15, -0.1) is 11.3 Å². The molecule has 0 amide bonds. The number of nitrogens with zero attached hydrogens (tertiary/aromatic N) is 2. The number of non-ortho nitro benzene ring substituents is 1. The highest BCUT2D eigenvalue weighted by Gasteiger charge is 2.23. The van der Waals surface area contributed by atoms with Crippen LogP contribution in [0, 0.1) is 10.1 Å². The molecule has 21 heavy (non-hydrogen) atoms. The van der Waals surface area contributed by atoms with Crippen molar-refractivity contribution in [2.24, 2.45) is 0 Å². The third-order valence-electron chi connectivity index (χ3n) is 2.76. The van der Waals surface area contributed by atoms with Crippen LogP contribution in [0.25, 0.3) is 0 Å². The van der Waals surface area contributed by atoms with Crippen LogP contribution < -0.4 is 0 Å². The van der Waals surface area contributed by atoms with Crippen molar-refractivity contribution in [2.75, 3.05) is 7.05 Å². The molecule has 0 saturated heterocycles. The summed E-state index contributed by atoms with van der Waals surface area (Å²) in [5, 5.41) is 12.6. The number of nitro groups is 1. The van der Waals surface area contributed by atoms with Crippen LogP contribution in [0.2, 0.25) is 0 Å². The van der Waals surface area contributed by atoms with Gasteiger partial charge in [0.25, 0.3) is 5.69 Å². The molecule has 0 unspecified atom stereocenters. The van der Waals surface area contributed by atoms with E-state index in [1.165, 1.54) is 40.9 Å². The molecule has 0 N–H and O–H groups in total. The summed E-state index contributed by atoms with van der Waals surface area (Å²) in [6, 6.07) is 6.87. The zero-order valence-electron chi connectivity index (χ0n) is 10.9. The van der Waals surface area contributed by atoms with E-state index in [0.29, 0.717) is 0 Å². The Morgan fingerprint density at radius 2 is 2.10 bits per heavy atom. The van der Waals surface area contributed by atoms with E-state index < -0.39 is 14.9 Å². The van der Waals surface area contributed by atoms with Gasteiger partial charge in [-0.3, -0.25) is 10.1 Å². The minimum Gasteiger partial charge on any atom is -0.258 e. The molecule has 0 aliphatic carbocycles. The van der Waals surface area contributed by atoms with Gasteiger partial charge in [0, 0.05) is 25.7 Å². The van der Waals surface area contributed by atoms with Gasteiger partial charge in [0.15, 0.2) is 0 Å². The maximum absolute atomic E-state index is 12.4. The average molecular weight is 391 g/mol. The van der Waals surface area contributed by atoms with E-state index in [0.717, 1.165) is 15.4 Å². The Balaban J connectivity index is 2.28. The van der Waals surface area contributed by atoms with Gasteiger partial charge in [0.1, 0.15) is 0 Å². The fourth-order valence-electron chi connectivity index (χ4n) is 1.71. The molecule has 1 aromatic heterocycles. The minimum atomic E-state index is -3.77. The summed E-state index contributed by atoms with van der Waals surface area (Å²) in [5.74, 6) is 0. The molecule has 2 aromatic rings. The first-order valence-electron chi connectivity index (χ1n) is 5.74. The van der Waals surface area contributed by atoms with Gasteiger partial charge in [0.2, 0.25) is 10.0 Å². The predicted molar refractivity (Wildman–Crippen MR) is 83.8 cm³/mol. The number of nitro benzene ring substituents is 1. The quantitative estimate of drug-likeness (QED) is 0.579. The number of sulfonamides is 1. The molecule has 0 aliphatic rings. The van der Waals surface area contributed by atoms with Crippen LogP contribution in [0.3, 0.4) is 0 Å². The molecule has 0 bridgehead atoms. The lowest BCUT2D eigenvalue weighted by atomic mass is 10.3. The zero-order chi connectivity index (χ0) is 15.6. The Morgan fingerprint density at radius 1 is 1.38 bits per heavy atom. The smallest absolute Gasteiger partial charge is 0.258 e. The van der Waals surface area contributed by atoms with Gasteiger partial charge < -0.3 is 0 Å². The topological polar surface area (TPSA) is 80.5 Å². The normalized spacial score (nSPS) is 11.8. The minimum absolute atomic E-state index is 0.0894. The number of hydrogen-bond acceptors (Lipinski definition) is 5. The van der Waals surface area contributed by atoms with Crippen LogP contribution in [-0.4, -0.2) is 24.7 Å². The van der Waals surface area contributed by atoms with Crippen LogP contribution in [0.5, 0.6) is 0 Å². The van der Waals surface area contributed by atoms with Gasteiger partial charge in [-0.25, -0.2) is 8.42 Å². The van der Waals surface area contributed by atoms with Crippen molar-refractivity contribution >= 4 is 43.0 Å². The van der Waals surface area contributed by atoms with Crippen LogP contribution in [0.1, 0.15) is 5.56 Å². The third kappa shape index (κ3) is 3.67. The molecular formula is C12H11BrN2O4S2. The fourth-order valence-corrected chi connectivity index (χ4v) is 4.11. The summed E-state index contributed by atoms with van der Waals surface area (Å²) in [4.78, 5) is 10.0. The van der Waals surface area contributed by atoms with Crippen molar-refractivity contribution in [3.05, 3.63) is 55.2 Å². The Labute approximate surface area is 134 Å². The molecule has 1 heterocycles. The van der Waals surface area contributed by atoms with Crippen LogP contribution in [-0.2, 0) is 16.6 Å². The van der Waals surface area contributed by atoms with Crippen molar-refractivity contribution < 1.29 is 13.3 Å². The van der Waals surface area contributed by atoms with E-state index in [2.05, 4.69) is 15.9 Å². The van der Waals surface area contributed by atoms with Crippen LogP contribution in [0.15, 0.2) is 44.4 Å². The van der Waals surface area contributed by atoms with Crippen molar-refractivity contribution in [1.29, 1.82) is 0 Å². The molecule has 0 saturated carbocycles. The second kappa shape index (κ2) is 6.22.